The molecule has 92 valence electrons. The van der Waals surface area contributed by atoms with Gasteiger partial charge < -0.3 is 9.50 Å². The molecule has 0 bridgehead atoms. The average molecular weight is 236 g/mol. The second-order valence-corrected chi connectivity index (χ2v) is 6.33. The van der Waals surface area contributed by atoms with E-state index >= 15 is 0 Å². The van der Waals surface area contributed by atoms with E-state index in [2.05, 4.69) is 19.2 Å². The molecule has 0 aliphatic carbocycles. The van der Waals surface area contributed by atoms with Gasteiger partial charge in [0.2, 0.25) is 0 Å². The van der Waals surface area contributed by atoms with Crippen molar-refractivity contribution < 1.29 is 8.98 Å². The first-order valence-corrected chi connectivity index (χ1v) is 7.51. The molecule has 15 heavy (non-hydrogen) atoms. The van der Waals surface area contributed by atoms with Crippen LogP contribution in [0.5, 0.6) is 0 Å². The summed E-state index contributed by atoms with van der Waals surface area (Å²) in [5.74, 6) is 1.63. The summed E-state index contributed by atoms with van der Waals surface area (Å²) in [6.07, 6.45) is 3.79. The van der Waals surface area contributed by atoms with E-state index in [1.165, 1.54) is 0 Å². The first-order chi connectivity index (χ1) is 7.08. The van der Waals surface area contributed by atoms with Crippen molar-refractivity contribution >= 4 is 16.6 Å². The average Bonchev–Trinajstić information content (AvgIpc) is 2.23. The summed E-state index contributed by atoms with van der Waals surface area (Å²) < 4.78 is 5.30. The second kappa shape index (κ2) is 7.82. The van der Waals surface area contributed by atoms with Crippen molar-refractivity contribution in [1.82, 2.24) is 5.32 Å². The van der Waals surface area contributed by atoms with Crippen molar-refractivity contribution in [2.75, 3.05) is 18.6 Å². The quantitative estimate of drug-likeness (QED) is 0.714. The van der Waals surface area contributed by atoms with E-state index in [1.54, 1.807) is 7.05 Å². The van der Waals surface area contributed by atoms with E-state index in [9.17, 15) is 4.79 Å². The van der Waals surface area contributed by atoms with Crippen molar-refractivity contribution in [1.29, 1.82) is 0 Å². The number of amides is 1. The lowest BCUT2D eigenvalue weighted by Crippen LogP contribution is -2.29. The number of carbonyl (C=O) groups excluding carboxylic acids is 1. The molecule has 0 aromatic heterocycles. The molecule has 0 atom stereocenters. The number of unbranched alkanes of at least 4 members (excludes halogenated alkanes) is 2. The lowest BCUT2D eigenvalue weighted by atomic mass is 10.4. The maximum Gasteiger partial charge on any atom is 0.418 e. The lowest BCUT2D eigenvalue weighted by molar-refractivity contribution is 0.208. The second-order valence-electron chi connectivity index (χ2n) is 3.61. The number of nitrogens with one attached hydrogen (secondary N) is 1. The Bertz CT molecular complexity index is 180. The number of rotatable bonds is 7. The molecule has 0 aliphatic rings. The topological polar surface area (TPSA) is 64.3 Å². The highest BCUT2D eigenvalue weighted by Crippen LogP contribution is 2.42. The van der Waals surface area contributed by atoms with Crippen LogP contribution in [-0.2, 0) is 4.18 Å². The molecule has 0 radical (unpaired) electrons. The Balaban J connectivity index is 4.18. The van der Waals surface area contributed by atoms with Gasteiger partial charge in [0.05, 0.1) is 0 Å². The number of nitrogens with two attached hydrogens (primary N) is 1. The fourth-order valence-electron chi connectivity index (χ4n) is 1.16. The highest BCUT2D eigenvalue weighted by Gasteiger charge is 2.22. The zero-order valence-electron chi connectivity index (χ0n) is 10.0. The number of carbonyl (C=O) groups is 1. The van der Waals surface area contributed by atoms with E-state index < -0.39 is 16.6 Å². The minimum atomic E-state index is -1.69. The van der Waals surface area contributed by atoms with Crippen LogP contribution in [0.25, 0.3) is 0 Å². The van der Waals surface area contributed by atoms with Gasteiger partial charge in [-0.2, -0.15) is 0 Å². The predicted molar refractivity (Wildman–Crippen MR) is 66.9 cm³/mol. The van der Waals surface area contributed by atoms with E-state index in [-0.39, 0.29) is 0 Å². The third-order valence-electron chi connectivity index (χ3n) is 2.13. The molecule has 0 aromatic carbocycles. The Morgan fingerprint density at radius 2 is 1.73 bits per heavy atom. The highest BCUT2D eigenvalue weighted by atomic mass is 32.3. The molecular weight excluding hydrogens is 212 g/mol. The number of hydrogen-bond donors (Lipinski definition) is 2. The lowest BCUT2D eigenvalue weighted by Gasteiger charge is -2.34. The maximum absolute atomic E-state index is 11.2. The van der Waals surface area contributed by atoms with Crippen LogP contribution >= 0.6 is 10.5 Å². The van der Waals surface area contributed by atoms with Gasteiger partial charge in [0, 0.05) is 18.6 Å². The van der Waals surface area contributed by atoms with Gasteiger partial charge in [0.1, 0.15) is 0 Å². The van der Waals surface area contributed by atoms with E-state index in [4.69, 9.17) is 9.32 Å². The molecule has 0 unspecified atom stereocenters. The summed E-state index contributed by atoms with van der Waals surface area (Å²) in [5, 5.41) is 8.60. The molecule has 4 nitrogen and oxygen atoms in total. The minimum Gasteiger partial charge on any atom is -0.386 e. The van der Waals surface area contributed by atoms with Gasteiger partial charge in [-0.3, -0.25) is 5.14 Å². The molecule has 1 amide bonds. The Hall–Kier alpha value is -0.420. The molecular formula is C10H24N2O2S. The summed E-state index contributed by atoms with van der Waals surface area (Å²) in [6.45, 7) is 4.22. The molecule has 3 N–H and O–H groups in total. The summed E-state index contributed by atoms with van der Waals surface area (Å²) >= 11 is 0. The van der Waals surface area contributed by atoms with Crippen molar-refractivity contribution in [3.05, 3.63) is 0 Å². The van der Waals surface area contributed by atoms with Crippen LogP contribution in [0.3, 0.4) is 0 Å². The molecule has 0 spiro atoms. The van der Waals surface area contributed by atoms with Crippen LogP contribution in [0.4, 0.5) is 4.79 Å². The van der Waals surface area contributed by atoms with Crippen molar-refractivity contribution in [2.45, 2.75) is 39.5 Å². The van der Waals surface area contributed by atoms with Gasteiger partial charge in [0.15, 0.2) is 0 Å². The smallest absolute Gasteiger partial charge is 0.386 e. The summed E-state index contributed by atoms with van der Waals surface area (Å²) in [5.41, 5.74) is 0. The summed E-state index contributed by atoms with van der Waals surface area (Å²) in [6, 6.07) is 0. The van der Waals surface area contributed by atoms with Gasteiger partial charge in [-0.15, -0.1) is 0 Å². The zero-order valence-corrected chi connectivity index (χ0v) is 10.9. The van der Waals surface area contributed by atoms with Gasteiger partial charge in [0.25, 0.3) is 0 Å². The fraction of sp³-hybridized carbons (Fsp3) is 0.900. The predicted octanol–water partition coefficient (Wildman–Crippen LogP) is 2.54. The van der Waals surface area contributed by atoms with Crippen LogP contribution < -0.4 is 10.5 Å². The zero-order chi connectivity index (χ0) is 11.7. The van der Waals surface area contributed by atoms with Crippen LogP contribution in [0.1, 0.15) is 39.5 Å². The van der Waals surface area contributed by atoms with Crippen molar-refractivity contribution in [2.24, 2.45) is 5.14 Å². The fourth-order valence-corrected chi connectivity index (χ4v) is 3.47. The molecule has 0 aliphatic heterocycles. The van der Waals surface area contributed by atoms with Gasteiger partial charge in [-0.1, -0.05) is 26.7 Å². The third kappa shape index (κ3) is 6.62. The van der Waals surface area contributed by atoms with Crippen LogP contribution in [-0.4, -0.2) is 24.6 Å². The molecule has 0 aromatic rings. The van der Waals surface area contributed by atoms with E-state index in [1.807, 2.05) is 0 Å². The van der Waals surface area contributed by atoms with Crippen molar-refractivity contribution in [3.8, 4) is 0 Å². The Morgan fingerprint density at radius 1 is 1.27 bits per heavy atom. The first kappa shape index (κ1) is 14.6. The number of hydrogen-bond acceptors (Lipinski definition) is 3. The first-order valence-electron chi connectivity index (χ1n) is 5.55. The van der Waals surface area contributed by atoms with Crippen LogP contribution in [0.15, 0.2) is 0 Å². The van der Waals surface area contributed by atoms with Gasteiger partial charge in [-0.05, 0) is 23.3 Å². The molecule has 0 saturated heterocycles. The molecule has 5 heteroatoms. The van der Waals surface area contributed by atoms with E-state index in [0.29, 0.717) is 0 Å². The van der Waals surface area contributed by atoms with Crippen LogP contribution in [0, 0.1) is 0 Å². The van der Waals surface area contributed by atoms with Gasteiger partial charge >= 0.3 is 6.09 Å². The Kier molecular flexibility index (Phi) is 7.60. The maximum atomic E-state index is 11.2. The largest absolute Gasteiger partial charge is 0.418 e. The Labute approximate surface area is 94.6 Å². The molecule has 0 fully saturated rings. The summed E-state index contributed by atoms with van der Waals surface area (Å²) in [4.78, 5) is 11.2. The Morgan fingerprint density at radius 3 is 2.07 bits per heavy atom. The van der Waals surface area contributed by atoms with Crippen LogP contribution in [0.2, 0.25) is 0 Å². The SMILES string of the molecule is CCCCS(N)(CCCC)OC(=O)NC. The standard InChI is InChI=1S/C10H24N2O2S/c1-4-6-8-15(11,9-7-5-2)14-10(13)12-3/h4-9,11H2,1-3H3,(H,12,13). The normalized spacial score (nSPS) is 12.3. The van der Waals surface area contributed by atoms with E-state index in [0.717, 1.165) is 37.2 Å². The van der Waals surface area contributed by atoms with Gasteiger partial charge in [-0.25, -0.2) is 4.79 Å². The third-order valence-corrected chi connectivity index (χ3v) is 4.58. The molecule has 0 saturated carbocycles. The van der Waals surface area contributed by atoms with Crippen molar-refractivity contribution in [3.63, 3.8) is 0 Å². The minimum absolute atomic E-state index is 0.403. The molecule has 0 heterocycles. The molecule has 0 rings (SSSR count). The summed E-state index contributed by atoms with van der Waals surface area (Å²) in [7, 11) is -0.129. The highest BCUT2D eigenvalue weighted by molar-refractivity contribution is 8.28. The monoisotopic (exact) mass is 236 g/mol.